The fourth-order valence-corrected chi connectivity index (χ4v) is 7.72. The Kier molecular flexibility index (Phi) is 9.63. The van der Waals surface area contributed by atoms with Gasteiger partial charge >= 0.3 is 6.09 Å². The third-order valence-corrected chi connectivity index (χ3v) is 10.6. The van der Waals surface area contributed by atoms with Crippen molar-refractivity contribution in [2.24, 2.45) is 18.9 Å². The molecule has 260 valence electrons. The third-order valence-electron chi connectivity index (χ3n) is 10.6. The summed E-state index contributed by atoms with van der Waals surface area (Å²) in [7, 11) is 1.98. The molecule has 0 aliphatic carbocycles. The Balaban J connectivity index is 1.12. The lowest BCUT2D eigenvalue weighted by molar-refractivity contribution is -0.0780. The van der Waals surface area contributed by atoms with Crippen LogP contribution < -0.4 is 14.4 Å². The van der Waals surface area contributed by atoms with E-state index in [9.17, 15) is 15.0 Å². The number of pyridine rings is 1. The number of aliphatic hydroxyl groups is 1. The zero-order chi connectivity index (χ0) is 34.7. The topological polar surface area (TPSA) is 113 Å². The van der Waals surface area contributed by atoms with Crippen molar-refractivity contribution >= 4 is 22.7 Å². The van der Waals surface area contributed by atoms with Gasteiger partial charge in [-0.1, -0.05) is 72.8 Å². The number of benzene rings is 3. The molecule has 0 radical (unpaired) electrons. The lowest BCUT2D eigenvalue weighted by Gasteiger charge is -2.46. The highest BCUT2D eigenvalue weighted by atomic mass is 16.5. The number of hydrogen-bond acceptors (Lipinski definition) is 7. The molecular formula is C40H45N5O5. The van der Waals surface area contributed by atoms with Crippen molar-refractivity contribution in [1.29, 1.82) is 0 Å². The van der Waals surface area contributed by atoms with Gasteiger partial charge in [-0.05, 0) is 67.7 Å². The lowest BCUT2D eigenvalue weighted by Crippen LogP contribution is -2.51. The predicted octanol–water partition coefficient (Wildman–Crippen LogP) is 7.15. The molecule has 2 aliphatic rings. The minimum atomic E-state index is -0.874. The molecule has 2 saturated heterocycles. The summed E-state index contributed by atoms with van der Waals surface area (Å²) in [6.07, 6.45) is 2.24. The standard InChI is InChI=1S/C40H45N5O5/c1-40(48,31-20-24-45(25-21-31)39(46)47)30-18-22-44(23-19-30)34-15-9-14-32-36(42-43(2)37(32)34)33-16-17-35(49-26-28-10-5-3-6-11-28)41-38(33)50-27-29-12-7-4-8-13-29/h3-17,30-31,48H,18-27H2,1-2H3,(H,46,47)/t40-/m1/s1. The summed E-state index contributed by atoms with van der Waals surface area (Å²) in [5, 5.41) is 27.1. The van der Waals surface area contributed by atoms with Gasteiger partial charge in [0.05, 0.1) is 22.4 Å². The summed E-state index contributed by atoms with van der Waals surface area (Å²) in [5.41, 5.74) is 4.99. The van der Waals surface area contributed by atoms with Crippen LogP contribution in [0.4, 0.5) is 10.5 Å². The summed E-state index contributed by atoms with van der Waals surface area (Å²) in [5.74, 6) is 1.19. The van der Waals surface area contributed by atoms with Gasteiger partial charge in [-0.2, -0.15) is 10.1 Å². The van der Waals surface area contributed by atoms with Gasteiger partial charge in [0.2, 0.25) is 11.8 Å². The van der Waals surface area contributed by atoms with E-state index >= 15 is 0 Å². The van der Waals surface area contributed by atoms with Gasteiger partial charge < -0.3 is 29.5 Å². The van der Waals surface area contributed by atoms with Crippen molar-refractivity contribution < 1.29 is 24.5 Å². The monoisotopic (exact) mass is 675 g/mol. The minimum Gasteiger partial charge on any atom is -0.473 e. The van der Waals surface area contributed by atoms with E-state index in [-0.39, 0.29) is 11.8 Å². The molecule has 1 atom stereocenters. The normalized spacial score (nSPS) is 17.1. The Labute approximate surface area is 292 Å². The Morgan fingerprint density at radius 1 is 0.800 bits per heavy atom. The largest absolute Gasteiger partial charge is 0.473 e. The molecule has 5 aromatic rings. The average Bonchev–Trinajstić information content (AvgIpc) is 3.50. The maximum absolute atomic E-state index is 11.7. The summed E-state index contributed by atoms with van der Waals surface area (Å²) >= 11 is 0. The van der Waals surface area contributed by atoms with Gasteiger partial charge in [0.1, 0.15) is 18.9 Å². The van der Waals surface area contributed by atoms with Crippen LogP contribution in [0.1, 0.15) is 43.7 Å². The summed E-state index contributed by atoms with van der Waals surface area (Å²) in [4.78, 5) is 20.1. The number of aromatic nitrogens is 3. The molecular weight excluding hydrogens is 630 g/mol. The summed E-state index contributed by atoms with van der Waals surface area (Å²) in [6, 6.07) is 30.2. The molecule has 2 aromatic heterocycles. The van der Waals surface area contributed by atoms with Crippen LogP contribution in [0.2, 0.25) is 0 Å². The minimum absolute atomic E-state index is 0.0970. The number of ether oxygens (including phenoxy) is 2. The number of carboxylic acid groups (broad SMARTS) is 1. The predicted molar refractivity (Wildman–Crippen MR) is 193 cm³/mol. The van der Waals surface area contributed by atoms with Crippen molar-refractivity contribution in [3.8, 4) is 23.0 Å². The average molecular weight is 676 g/mol. The van der Waals surface area contributed by atoms with E-state index in [1.165, 1.54) is 4.90 Å². The van der Waals surface area contributed by atoms with E-state index < -0.39 is 11.7 Å². The number of fused-ring (bicyclic) bond motifs is 1. The van der Waals surface area contributed by atoms with Crippen LogP contribution in [0, 0.1) is 11.8 Å². The van der Waals surface area contributed by atoms with E-state index in [0.29, 0.717) is 50.9 Å². The number of carbonyl (C=O) groups is 1. The van der Waals surface area contributed by atoms with Gasteiger partial charge in [0.25, 0.3) is 0 Å². The molecule has 2 N–H and O–H groups in total. The molecule has 2 aliphatic heterocycles. The lowest BCUT2D eigenvalue weighted by atomic mass is 9.70. The van der Waals surface area contributed by atoms with E-state index in [0.717, 1.165) is 64.9 Å². The summed E-state index contributed by atoms with van der Waals surface area (Å²) in [6.45, 7) is 5.32. The van der Waals surface area contributed by atoms with Crippen molar-refractivity contribution in [2.75, 3.05) is 31.1 Å². The van der Waals surface area contributed by atoms with Crippen LogP contribution in [0.5, 0.6) is 11.8 Å². The molecule has 1 amide bonds. The van der Waals surface area contributed by atoms with Gasteiger partial charge in [0.15, 0.2) is 0 Å². The highest BCUT2D eigenvalue weighted by Gasteiger charge is 2.42. The fourth-order valence-electron chi connectivity index (χ4n) is 7.72. The smallest absolute Gasteiger partial charge is 0.407 e. The molecule has 0 spiro atoms. The first kappa shape index (κ1) is 33.4. The number of aryl methyl sites for hydroxylation is 1. The van der Waals surface area contributed by atoms with Crippen molar-refractivity contribution in [1.82, 2.24) is 19.7 Å². The second kappa shape index (κ2) is 14.4. The van der Waals surface area contributed by atoms with E-state index in [2.05, 4.69) is 23.1 Å². The number of piperidine rings is 2. The number of rotatable bonds is 10. The van der Waals surface area contributed by atoms with E-state index in [1.54, 1.807) is 0 Å². The molecule has 10 heteroatoms. The highest BCUT2D eigenvalue weighted by Crippen LogP contribution is 2.42. The molecule has 2 fully saturated rings. The van der Waals surface area contributed by atoms with Gasteiger partial charge in [-0.15, -0.1) is 0 Å². The van der Waals surface area contributed by atoms with Gasteiger partial charge in [0, 0.05) is 44.7 Å². The molecule has 7 rings (SSSR count). The van der Waals surface area contributed by atoms with Crippen LogP contribution in [-0.2, 0) is 20.3 Å². The number of amides is 1. The zero-order valence-electron chi connectivity index (χ0n) is 28.7. The zero-order valence-corrected chi connectivity index (χ0v) is 28.7. The van der Waals surface area contributed by atoms with Crippen molar-refractivity contribution in [2.45, 2.75) is 51.4 Å². The number of likely N-dealkylation sites (tertiary alicyclic amines) is 1. The fraction of sp³-hybridized carbons (Fsp3) is 0.375. The second-order valence-electron chi connectivity index (χ2n) is 13.7. The Morgan fingerprint density at radius 3 is 2.02 bits per heavy atom. The van der Waals surface area contributed by atoms with Crippen LogP contribution >= 0.6 is 0 Å². The maximum Gasteiger partial charge on any atom is 0.407 e. The first-order valence-corrected chi connectivity index (χ1v) is 17.5. The first-order chi connectivity index (χ1) is 24.3. The van der Waals surface area contributed by atoms with E-state index in [1.807, 2.05) is 91.4 Å². The quantitative estimate of drug-likeness (QED) is 0.161. The molecule has 0 saturated carbocycles. The Hall–Kier alpha value is -5.09. The maximum atomic E-state index is 11.7. The van der Waals surface area contributed by atoms with Crippen molar-refractivity contribution in [3.05, 3.63) is 102 Å². The molecule has 3 aromatic carbocycles. The van der Waals surface area contributed by atoms with Crippen LogP contribution in [0.15, 0.2) is 91.0 Å². The Morgan fingerprint density at radius 2 is 1.40 bits per heavy atom. The number of nitrogens with zero attached hydrogens (tertiary/aromatic N) is 5. The van der Waals surface area contributed by atoms with Crippen LogP contribution in [-0.4, -0.2) is 67.8 Å². The Bertz CT molecular complexity index is 1910. The second-order valence-corrected chi connectivity index (χ2v) is 13.7. The molecule has 50 heavy (non-hydrogen) atoms. The van der Waals surface area contributed by atoms with Crippen molar-refractivity contribution in [3.63, 3.8) is 0 Å². The highest BCUT2D eigenvalue weighted by molar-refractivity contribution is 6.01. The first-order valence-electron chi connectivity index (χ1n) is 17.5. The van der Waals surface area contributed by atoms with E-state index in [4.69, 9.17) is 19.6 Å². The molecule has 10 nitrogen and oxygen atoms in total. The summed E-state index contributed by atoms with van der Waals surface area (Å²) < 4.78 is 14.4. The number of anilines is 1. The number of hydrogen-bond donors (Lipinski definition) is 2. The molecule has 0 unspecified atom stereocenters. The van der Waals surface area contributed by atoms with Crippen LogP contribution in [0.3, 0.4) is 0 Å². The third kappa shape index (κ3) is 6.98. The van der Waals surface area contributed by atoms with Gasteiger partial charge in [-0.3, -0.25) is 4.68 Å². The van der Waals surface area contributed by atoms with Crippen LogP contribution in [0.25, 0.3) is 22.2 Å². The SMILES string of the molecule is Cn1nc(-c2ccc(OCc3ccccc3)nc2OCc2ccccc2)c2cccc(N3CCC([C@@](C)(O)C4CCN(C(=O)O)CC4)CC3)c21. The molecule has 4 heterocycles. The molecule has 0 bridgehead atoms. The number of para-hydroxylation sites is 1. The van der Waals surface area contributed by atoms with Gasteiger partial charge in [-0.25, -0.2) is 4.79 Å².